The summed E-state index contributed by atoms with van der Waals surface area (Å²) in [6.07, 6.45) is 5.03. The minimum atomic E-state index is -0.249. The SMILES string of the molecule is CCOc1cc2occ(-c3cccc(Br)c3)c2cc1/C(C)=C/C(=O)Nc1ccc(C)cn1. The van der Waals surface area contributed by atoms with Crippen LogP contribution >= 0.6 is 15.9 Å². The molecule has 32 heavy (non-hydrogen) atoms. The summed E-state index contributed by atoms with van der Waals surface area (Å²) in [6, 6.07) is 15.6. The zero-order valence-electron chi connectivity index (χ0n) is 18.1. The van der Waals surface area contributed by atoms with Gasteiger partial charge < -0.3 is 14.5 Å². The molecule has 0 saturated carbocycles. The number of nitrogens with one attached hydrogen (secondary N) is 1. The highest BCUT2D eigenvalue weighted by molar-refractivity contribution is 9.10. The van der Waals surface area contributed by atoms with Crippen LogP contribution in [0.25, 0.3) is 27.7 Å². The van der Waals surface area contributed by atoms with Crippen molar-refractivity contribution >= 4 is 44.2 Å². The van der Waals surface area contributed by atoms with Gasteiger partial charge in [0.15, 0.2) is 0 Å². The molecule has 2 aromatic heterocycles. The molecule has 0 unspecified atom stereocenters. The number of halogens is 1. The Balaban J connectivity index is 1.72. The molecule has 0 aliphatic carbocycles. The lowest BCUT2D eigenvalue weighted by atomic mass is 9.99. The van der Waals surface area contributed by atoms with E-state index >= 15 is 0 Å². The molecule has 5 nitrogen and oxygen atoms in total. The fraction of sp³-hybridized carbons (Fsp3) is 0.154. The smallest absolute Gasteiger partial charge is 0.249 e. The molecule has 0 bridgehead atoms. The van der Waals surface area contributed by atoms with Crippen LogP contribution < -0.4 is 10.1 Å². The maximum atomic E-state index is 12.6. The molecule has 4 aromatic rings. The number of nitrogens with zero attached hydrogens (tertiary/aromatic N) is 1. The standard InChI is InChI=1S/C26H23BrN2O3/c1-4-31-23-13-24-21(22(15-32-24)18-6-5-7-19(27)11-18)12-20(23)17(3)10-26(30)29-25-9-8-16(2)14-28-25/h5-15H,4H2,1-3H3,(H,28,29,30)/b17-10+. The van der Waals surface area contributed by atoms with Crippen LogP contribution in [0.2, 0.25) is 0 Å². The number of furan rings is 1. The van der Waals surface area contributed by atoms with Crippen molar-refractivity contribution in [2.45, 2.75) is 20.8 Å². The number of aromatic nitrogens is 1. The first-order valence-corrected chi connectivity index (χ1v) is 11.1. The number of anilines is 1. The summed E-state index contributed by atoms with van der Waals surface area (Å²) in [7, 11) is 0. The zero-order valence-corrected chi connectivity index (χ0v) is 19.7. The fourth-order valence-corrected chi connectivity index (χ4v) is 3.90. The van der Waals surface area contributed by atoms with Crippen molar-refractivity contribution in [3.8, 4) is 16.9 Å². The molecular weight excluding hydrogens is 468 g/mol. The van der Waals surface area contributed by atoms with E-state index in [0.717, 1.165) is 43.3 Å². The van der Waals surface area contributed by atoms with Crippen LogP contribution in [0.4, 0.5) is 5.82 Å². The van der Waals surface area contributed by atoms with Crippen LogP contribution in [0.5, 0.6) is 5.75 Å². The number of carbonyl (C=O) groups is 1. The minimum absolute atomic E-state index is 0.249. The lowest BCUT2D eigenvalue weighted by Gasteiger charge is -2.12. The topological polar surface area (TPSA) is 64.4 Å². The Morgan fingerprint density at radius 1 is 1.22 bits per heavy atom. The second-order valence-electron chi connectivity index (χ2n) is 7.47. The van der Waals surface area contributed by atoms with Gasteiger partial charge >= 0.3 is 0 Å². The molecule has 2 aromatic carbocycles. The monoisotopic (exact) mass is 490 g/mol. The average Bonchev–Trinajstić information content (AvgIpc) is 3.18. The summed E-state index contributed by atoms with van der Waals surface area (Å²) < 4.78 is 12.7. The summed E-state index contributed by atoms with van der Waals surface area (Å²) in [6.45, 7) is 6.28. The number of amides is 1. The zero-order chi connectivity index (χ0) is 22.7. The van der Waals surface area contributed by atoms with E-state index in [1.165, 1.54) is 0 Å². The number of aryl methyl sites for hydroxylation is 1. The largest absolute Gasteiger partial charge is 0.493 e. The fourth-order valence-electron chi connectivity index (χ4n) is 3.50. The summed E-state index contributed by atoms with van der Waals surface area (Å²) >= 11 is 3.53. The first-order valence-electron chi connectivity index (χ1n) is 10.3. The Kier molecular flexibility index (Phi) is 6.42. The maximum Gasteiger partial charge on any atom is 0.249 e. The number of hydrogen-bond donors (Lipinski definition) is 1. The molecule has 2 heterocycles. The highest BCUT2D eigenvalue weighted by atomic mass is 79.9. The summed E-state index contributed by atoms with van der Waals surface area (Å²) in [5.41, 5.74) is 5.40. The number of rotatable bonds is 6. The van der Waals surface area contributed by atoms with Crippen LogP contribution in [0, 0.1) is 6.92 Å². The second-order valence-corrected chi connectivity index (χ2v) is 8.39. The Labute approximate surface area is 195 Å². The predicted octanol–water partition coefficient (Wildman–Crippen LogP) is 7.01. The van der Waals surface area contributed by atoms with E-state index in [1.807, 2.05) is 63.2 Å². The average molecular weight is 491 g/mol. The van der Waals surface area contributed by atoms with Crippen molar-refractivity contribution in [2.24, 2.45) is 0 Å². The van der Waals surface area contributed by atoms with Crippen LogP contribution in [-0.2, 0) is 4.79 Å². The Morgan fingerprint density at radius 3 is 2.78 bits per heavy atom. The first kappa shape index (κ1) is 21.8. The predicted molar refractivity (Wildman–Crippen MR) is 132 cm³/mol. The van der Waals surface area contributed by atoms with Gasteiger partial charge in [-0.05, 0) is 61.7 Å². The van der Waals surface area contributed by atoms with E-state index in [9.17, 15) is 4.79 Å². The first-order chi connectivity index (χ1) is 15.4. The molecule has 0 radical (unpaired) electrons. The van der Waals surface area contributed by atoms with E-state index in [4.69, 9.17) is 9.15 Å². The molecule has 4 rings (SSSR count). The lowest BCUT2D eigenvalue weighted by Crippen LogP contribution is -2.10. The molecule has 0 atom stereocenters. The van der Waals surface area contributed by atoms with E-state index < -0.39 is 0 Å². The normalized spacial score (nSPS) is 11.6. The molecule has 0 fully saturated rings. The number of benzene rings is 2. The van der Waals surface area contributed by atoms with Gasteiger partial charge in [-0.15, -0.1) is 0 Å². The van der Waals surface area contributed by atoms with Crippen LogP contribution in [0.1, 0.15) is 25.0 Å². The van der Waals surface area contributed by atoms with Crippen molar-refractivity contribution in [3.63, 3.8) is 0 Å². The van der Waals surface area contributed by atoms with Crippen molar-refractivity contribution in [1.82, 2.24) is 4.98 Å². The van der Waals surface area contributed by atoms with Gasteiger partial charge in [0.2, 0.25) is 5.91 Å². The third-order valence-corrected chi connectivity index (χ3v) is 5.54. The summed E-state index contributed by atoms with van der Waals surface area (Å²) in [4.78, 5) is 16.8. The third-order valence-electron chi connectivity index (χ3n) is 5.05. The van der Waals surface area contributed by atoms with Gasteiger partial charge in [-0.25, -0.2) is 4.98 Å². The Morgan fingerprint density at radius 2 is 2.06 bits per heavy atom. The van der Waals surface area contributed by atoms with Gasteiger partial charge in [0.1, 0.15) is 17.2 Å². The van der Waals surface area contributed by atoms with E-state index in [1.54, 1.807) is 24.6 Å². The molecular formula is C26H23BrN2O3. The van der Waals surface area contributed by atoms with Gasteiger partial charge in [-0.3, -0.25) is 4.79 Å². The van der Waals surface area contributed by atoms with Crippen molar-refractivity contribution in [3.05, 3.63) is 82.7 Å². The summed E-state index contributed by atoms with van der Waals surface area (Å²) in [5.74, 6) is 0.933. The Bertz CT molecular complexity index is 1310. The highest BCUT2D eigenvalue weighted by Gasteiger charge is 2.15. The molecule has 0 aliphatic rings. The van der Waals surface area contributed by atoms with Crippen molar-refractivity contribution in [2.75, 3.05) is 11.9 Å². The van der Waals surface area contributed by atoms with Gasteiger partial charge in [0.05, 0.1) is 12.9 Å². The number of pyridine rings is 1. The molecule has 1 amide bonds. The number of carbonyl (C=O) groups excluding carboxylic acids is 1. The molecule has 6 heteroatoms. The maximum absolute atomic E-state index is 12.6. The third kappa shape index (κ3) is 4.75. The van der Waals surface area contributed by atoms with Gasteiger partial charge in [-0.2, -0.15) is 0 Å². The minimum Gasteiger partial charge on any atom is -0.493 e. The van der Waals surface area contributed by atoms with E-state index in [0.29, 0.717) is 18.2 Å². The number of fused-ring (bicyclic) bond motifs is 1. The van der Waals surface area contributed by atoms with Crippen molar-refractivity contribution in [1.29, 1.82) is 0 Å². The molecule has 162 valence electrons. The van der Waals surface area contributed by atoms with Crippen LogP contribution in [0.15, 0.2) is 76.0 Å². The molecule has 1 N–H and O–H groups in total. The lowest BCUT2D eigenvalue weighted by molar-refractivity contribution is -0.111. The van der Waals surface area contributed by atoms with Crippen LogP contribution in [0.3, 0.4) is 0 Å². The quantitative estimate of drug-likeness (QED) is 0.295. The van der Waals surface area contributed by atoms with Gasteiger partial charge in [-0.1, -0.05) is 34.1 Å². The molecule has 0 saturated heterocycles. The van der Waals surface area contributed by atoms with Gasteiger partial charge in [0, 0.05) is 39.3 Å². The highest BCUT2D eigenvalue weighted by Crippen LogP contribution is 2.38. The van der Waals surface area contributed by atoms with Gasteiger partial charge in [0.25, 0.3) is 0 Å². The van der Waals surface area contributed by atoms with Crippen LogP contribution in [-0.4, -0.2) is 17.5 Å². The van der Waals surface area contributed by atoms with Crippen molar-refractivity contribution < 1.29 is 13.9 Å². The number of allylic oxidation sites excluding steroid dienone is 1. The number of hydrogen-bond acceptors (Lipinski definition) is 4. The second kappa shape index (κ2) is 9.40. The molecule has 0 spiro atoms. The molecule has 0 aliphatic heterocycles. The summed E-state index contributed by atoms with van der Waals surface area (Å²) in [5, 5.41) is 3.76. The van der Waals surface area contributed by atoms with E-state index in [-0.39, 0.29) is 5.91 Å². The Hall–Kier alpha value is -3.38. The number of ether oxygens (including phenoxy) is 1. The van der Waals surface area contributed by atoms with E-state index in [2.05, 4.69) is 26.2 Å².